The number of hydrogen-bond acceptors (Lipinski definition) is 6. The largest absolute Gasteiger partial charge is 0.462 e. The number of nitrogens with one attached hydrogen (secondary N) is 1. The fourth-order valence-electron chi connectivity index (χ4n) is 2.37. The Morgan fingerprint density at radius 3 is 2.46 bits per heavy atom. The lowest BCUT2D eigenvalue weighted by atomic mass is 10.1. The summed E-state index contributed by atoms with van der Waals surface area (Å²) in [5.74, 6) is 0.551. The van der Waals surface area contributed by atoms with Crippen molar-refractivity contribution in [3.05, 3.63) is 78.1 Å². The average molecular weight is 398 g/mol. The van der Waals surface area contributed by atoms with Crippen LogP contribution in [-0.4, -0.2) is 27.2 Å². The summed E-state index contributed by atoms with van der Waals surface area (Å²) in [7, 11) is -3.73. The van der Waals surface area contributed by atoms with Crippen LogP contribution in [-0.2, 0) is 14.8 Å². The molecule has 0 amide bonds. The third kappa shape index (κ3) is 4.66. The van der Waals surface area contributed by atoms with E-state index in [1.807, 2.05) is 0 Å². The first kappa shape index (κ1) is 19.4. The predicted molar refractivity (Wildman–Crippen MR) is 104 cm³/mol. The Labute approximate surface area is 162 Å². The molecule has 0 aliphatic heterocycles. The number of carbonyl (C=O) groups excluding carboxylic acids is 1. The van der Waals surface area contributed by atoms with E-state index in [1.165, 1.54) is 18.3 Å². The van der Waals surface area contributed by atoms with Gasteiger partial charge in [0.1, 0.15) is 11.5 Å². The fraction of sp³-hybridized carbons (Fsp3) is 0.100. The number of esters is 1. The van der Waals surface area contributed by atoms with Crippen LogP contribution >= 0.6 is 0 Å². The third-order valence-electron chi connectivity index (χ3n) is 3.73. The SMILES string of the molecule is CCOC(=O)c1ccc(-c2ccc(/C=N/NS(=O)(=O)c3ccccc3)o2)cc1. The van der Waals surface area contributed by atoms with Gasteiger partial charge in [-0.25, -0.2) is 4.79 Å². The van der Waals surface area contributed by atoms with Crippen LogP contribution in [0.1, 0.15) is 23.0 Å². The van der Waals surface area contributed by atoms with E-state index in [0.29, 0.717) is 23.7 Å². The van der Waals surface area contributed by atoms with Crippen molar-refractivity contribution in [2.45, 2.75) is 11.8 Å². The van der Waals surface area contributed by atoms with Crippen LogP contribution in [0.15, 0.2) is 81.1 Å². The maximum Gasteiger partial charge on any atom is 0.338 e. The molecule has 0 spiro atoms. The summed E-state index contributed by atoms with van der Waals surface area (Å²) in [6.45, 7) is 2.06. The van der Waals surface area contributed by atoms with Crippen molar-refractivity contribution in [1.82, 2.24) is 4.83 Å². The number of rotatable bonds is 7. The Bertz CT molecular complexity index is 1070. The van der Waals surface area contributed by atoms with Crippen molar-refractivity contribution in [1.29, 1.82) is 0 Å². The molecule has 3 rings (SSSR count). The van der Waals surface area contributed by atoms with E-state index in [0.717, 1.165) is 5.56 Å². The number of ether oxygens (including phenoxy) is 1. The molecule has 0 unspecified atom stereocenters. The summed E-state index contributed by atoms with van der Waals surface area (Å²) in [5.41, 5.74) is 1.21. The molecule has 0 saturated carbocycles. The van der Waals surface area contributed by atoms with Crippen molar-refractivity contribution >= 4 is 22.2 Å². The van der Waals surface area contributed by atoms with E-state index in [-0.39, 0.29) is 10.9 Å². The van der Waals surface area contributed by atoms with Gasteiger partial charge in [0.25, 0.3) is 10.0 Å². The second-order valence-electron chi connectivity index (χ2n) is 5.67. The quantitative estimate of drug-likeness (QED) is 0.373. The summed E-state index contributed by atoms with van der Waals surface area (Å²) in [6, 6.07) is 18.1. The molecule has 0 bridgehead atoms. The number of sulfonamides is 1. The molecule has 1 heterocycles. The van der Waals surface area contributed by atoms with Gasteiger partial charge in [0.05, 0.1) is 23.3 Å². The van der Waals surface area contributed by atoms with Crippen LogP contribution in [0.4, 0.5) is 0 Å². The van der Waals surface area contributed by atoms with E-state index in [9.17, 15) is 13.2 Å². The first-order valence-electron chi connectivity index (χ1n) is 8.47. The summed E-state index contributed by atoms with van der Waals surface area (Å²) >= 11 is 0. The first-order chi connectivity index (χ1) is 13.5. The number of hydrogen-bond donors (Lipinski definition) is 1. The Hall–Kier alpha value is -3.39. The molecule has 0 aliphatic rings. The van der Waals surface area contributed by atoms with Gasteiger partial charge in [-0.3, -0.25) is 0 Å². The van der Waals surface area contributed by atoms with E-state index in [4.69, 9.17) is 9.15 Å². The number of hydrazone groups is 1. The topological polar surface area (TPSA) is 98.0 Å². The summed E-state index contributed by atoms with van der Waals surface area (Å²) in [6.07, 6.45) is 1.27. The molecule has 8 heteroatoms. The van der Waals surface area contributed by atoms with Gasteiger partial charge < -0.3 is 9.15 Å². The lowest BCUT2D eigenvalue weighted by molar-refractivity contribution is 0.0526. The van der Waals surface area contributed by atoms with Crippen LogP contribution in [0.5, 0.6) is 0 Å². The number of benzene rings is 2. The number of nitrogens with zero attached hydrogens (tertiary/aromatic N) is 1. The monoisotopic (exact) mass is 398 g/mol. The summed E-state index contributed by atoms with van der Waals surface area (Å²) < 4.78 is 34.8. The summed E-state index contributed by atoms with van der Waals surface area (Å²) in [4.78, 5) is 13.9. The minimum absolute atomic E-state index is 0.119. The van der Waals surface area contributed by atoms with Gasteiger partial charge in [0.15, 0.2) is 0 Å². The Kier molecular flexibility index (Phi) is 5.90. The molecule has 7 nitrogen and oxygen atoms in total. The summed E-state index contributed by atoms with van der Waals surface area (Å²) in [5, 5.41) is 3.74. The van der Waals surface area contributed by atoms with Crippen molar-refractivity contribution < 1.29 is 22.4 Å². The Morgan fingerprint density at radius 2 is 1.79 bits per heavy atom. The normalized spacial score (nSPS) is 11.5. The lowest BCUT2D eigenvalue weighted by Crippen LogP contribution is -2.18. The van der Waals surface area contributed by atoms with E-state index in [1.54, 1.807) is 61.5 Å². The van der Waals surface area contributed by atoms with E-state index < -0.39 is 10.0 Å². The van der Waals surface area contributed by atoms with Crippen LogP contribution in [0.3, 0.4) is 0 Å². The van der Waals surface area contributed by atoms with Gasteiger partial charge in [-0.05, 0) is 43.3 Å². The molecular weight excluding hydrogens is 380 g/mol. The molecular formula is C20H18N2O5S. The Morgan fingerprint density at radius 1 is 1.07 bits per heavy atom. The zero-order valence-electron chi connectivity index (χ0n) is 15.0. The minimum Gasteiger partial charge on any atom is -0.462 e. The fourth-order valence-corrected chi connectivity index (χ4v) is 3.19. The highest BCUT2D eigenvalue weighted by Gasteiger charge is 2.12. The highest BCUT2D eigenvalue weighted by atomic mass is 32.2. The van der Waals surface area contributed by atoms with Gasteiger partial charge >= 0.3 is 5.97 Å². The highest BCUT2D eigenvalue weighted by Crippen LogP contribution is 2.22. The zero-order valence-corrected chi connectivity index (χ0v) is 15.8. The Balaban J connectivity index is 1.67. The van der Waals surface area contributed by atoms with Crippen molar-refractivity contribution in [3.8, 4) is 11.3 Å². The van der Waals surface area contributed by atoms with Crippen molar-refractivity contribution in [3.63, 3.8) is 0 Å². The van der Waals surface area contributed by atoms with Crippen LogP contribution in [0, 0.1) is 0 Å². The molecule has 0 fully saturated rings. The third-order valence-corrected chi connectivity index (χ3v) is 4.96. The minimum atomic E-state index is -3.73. The standard InChI is InChI=1S/C20H18N2O5S/c1-2-26-20(23)16-10-8-15(9-11-16)19-13-12-17(27-19)14-21-22-28(24,25)18-6-4-3-5-7-18/h3-14,22H,2H2,1H3/b21-14+. The van der Waals surface area contributed by atoms with Crippen molar-refractivity contribution in [2.75, 3.05) is 6.61 Å². The molecule has 0 saturated heterocycles. The van der Waals surface area contributed by atoms with E-state index >= 15 is 0 Å². The molecule has 0 aliphatic carbocycles. The maximum absolute atomic E-state index is 12.1. The van der Waals surface area contributed by atoms with Gasteiger partial charge in [0, 0.05) is 5.56 Å². The molecule has 144 valence electrons. The van der Waals surface area contributed by atoms with Crippen molar-refractivity contribution in [2.24, 2.45) is 5.10 Å². The van der Waals surface area contributed by atoms with Gasteiger partial charge in [-0.1, -0.05) is 30.3 Å². The molecule has 1 aromatic heterocycles. The maximum atomic E-state index is 12.1. The highest BCUT2D eigenvalue weighted by molar-refractivity contribution is 7.89. The lowest BCUT2D eigenvalue weighted by Gasteiger charge is -2.02. The smallest absolute Gasteiger partial charge is 0.338 e. The second kappa shape index (κ2) is 8.53. The van der Waals surface area contributed by atoms with E-state index in [2.05, 4.69) is 9.93 Å². The second-order valence-corrected chi connectivity index (χ2v) is 7.33. The van der Waals surface area contributed by atoms with Gasteiger partial charge in [-0.2, -0.15) is 18.4 Å². The van der Waals surface area contributed by atoms with Crippen LogP contribution < -0.4 is 4.83 Å². The molecule has 0 radical (unpaired) electrons. The number of furan rings is 1. The number of carbonyl (C=O) groups is 1. The van der Waals surface area contributed by atoms with Crippen LogP contribution in [0.25, 0.3) is 11.3 Å². The zero-order chi connectivity index (χ0) is 20.0. The molecule has 3 aromatic rings. The molecule has 28 heavy (non-hydrogen) atoms. The van der Waals surface area contributed by atoms with Gasteiger partial charge in [-0.15, -0.1) is 0 Å². The predicted octanol–water partition coefficient (Wildman–Crippen LogP) is 3.44. The molecule has 2 aromatic carbocycles. The van der Waals surface area contributed by atoms with Gasteiger partial charge in [0.2, 0.25) is 0 Å². The average Bonchev–Trinajstić information content (AvgIpc) is 3.18. The molecule has 0 atom stereocenters. The molecule has 1 N–H and O–H groups in total. The first-order valence-corrected chi connectivity index (χ1v) is 9.95. The van der Waals surface area contributed by atoms with Crippen LogP contribution in [0.2, 0.25) is 0 Å².